The molecule has 6 nitrogen and oxygen atoms in total. The van der Waals surface area contributed by atoms with Gasteiger partial charge in [0.15, 0.2) is 0 Å². The Balaban J connectivity index is 2.79. The average molecular weight is 214 g/mol. The minimum Gasteiger partial charge on any atom is -0.464 e. The fourth-order valence-electron chi connectivity index (χ4n) is 1.16. The molecule has 15 heavy (non-hydrogen) atoms. The van der Waals surface area contributed by atoms with Crippen molar-refractivity contribution in [2.24, 2.45) is 5.73 Å². The number of aliphatic hydroxyl groups excluding tert-OH is 2. The molecule has 0 spiro atoms. The van der Waals surface area contributed by atoms with Crippen LogP contribution in [0.3, 0.4) is 0 Å². The maximum absolute atomic E-state index is 11.1. The molecule has 0 aliphatic rings. The van der Waals surface area contributed by atoms with Crippen molar-refractivity contribution in [3.8, 4) is 0 Å². The van der Waals surface area contributed by atoms with Crippen LogP contribution in [0.25, 0.3) is 0 Å². The summed E-state index contributed by atoms with van der Waals surface area (Å²) >= 11 is 0. The Morgan fingerprint density at radius 3 is 2.87 bits per heavy atom. The molecule has 1 heterocycles. The first-order chi connectivity index (χ1) is 7.10. The van der Waals surface area contributed by atoms with E-state index in [-0.39, 0.29) is 12.2 Å². The van der Waals surface area contributed by atoms with Gasteiger partial charge in [-0.15, -0.1) is 0 Å². The first-order valence-electron chi connectivity index (χ1n) is 4.43. The molecule has 0 saturated heterocycles. The van der Waals surface area contributed by atoms with Crippen molar-refractivity contribution in [3.05, 3.63) is 23.5 Å². The molecular formula is C9H14N2O4. The minimum absolute atomic E-state index is 0.0557. The molecule has 0 radical (unpaired) electrons. The number of esters is 1. The van der Waals surface area contributed by atoms with Crippen molar-refractivity contribution in [1.29, 1.82) is 0 Å². The van der Waals surface area contributed by atoms with E-state index >= 15 is 0 Å². The van der Waals surface area contributed by atoms with Gasteiger partial charge in [-0.1, -0.05) is 0 Å². The molecule has 1 aromatic rings. The number of H-pyrrole nitrogens is 1. The Morgan fingerprint density at radius 1 is 1.67 bits per heavy atom. The van der Waals surface area contributed by atoms with Gasteiger partial charge in [0.25, 0.3) is 0 Å². The number of aromatic amines is 1. The van der Waals surface area contributed by atoms with Crippen molar-refractivity contribution in [3.63, 3.8) is 0 Å². The number of rotatable bonds is 4. The highest BCUT2D eigenvalue weighted by atomic mass is 16.5. The molecule has 1 rings (SSSR count). The molecule has 2 unspecified atom stereocenters. The zero-order chi connectivity index (χ0) is 11.4. The third kappa shape index (κ3) is 2.56. The van der Waals surface area contributed by atoms with Crippen molar-refractivity contribution < 1.29 is 19.7 Å². The van der Waals surface area contributed by atoms with Gasteiger partial charge < -0.3 is 25.7 Å². The average Bonchev–Trinajstić information content (AvgIpc) is 2.75. The molecule has 1 aromatic heterocycles. The van der Waals surface area contributed by atoms with Crippen molar-refractivity contribution >= 4 is 5.97 Å². The van der Waals surface area contributed by atoms with Gasteiger partial charge in [-0.25, -0.2) is 4.79 Å². The summed E-state index contributed by atoms with van der Waals surface area (Å²) in [6.07, 6.45) is -0.730. The monoisotopic (exact) mass is 214 g/mol. The van der Waals surface area contributed by atoms with E-state index in [2.05, 4.69) is 9.72 Å². The Labute approximate surface area is 86.7 Å². The Morgan fingerprint density at radius 2 is 2.33 bits per heavy atom. The summed E-state index contributed by atoms with van der Waals surface area (Å²) < 4.78 is 4.48. The van der Waals surface area contributed by atoms with Crippen LogP contribution in [0.5, 0.6) is 0 Å². The molecule has 0 bridgehead atoms. The quantitative estimate of drug-likeness (QED) is 0.488. The fraction of sp³-hybridized carbons (Fsp3) is 0.444. The third-order valence-corrected chi connectivity index (χ3v) is 2.06. The van der Waals surface area contributed by atoms with E-state index < -0.39 is 18.2 Å². The Bertz CT molecular complexity index is 337. The molecule has 5 N–H and O–H groups in total. The van der Waals surface area contributed by atoms with E-state index in [0.717, 1.165) is 0 Å². The number of carbonyl (C=O) groups is 1. The Kier molecular flexibility index (Phi) is 3.84. The van der Waals surface area contributed by atoms with Crippen LogP contribution in [0.1, 0.15) is 22.2 Å². The Hall–Kier alpha value is -1.37. The van der Waals surface area contributed by atoms with E-state index in [1.54, 1.807) is 0 Å². The van der Waals surface area contributed by atoms with Crippen LogP contribution in [0.2, 0.25) is 0 Å². The predicted molar refractivity (Wildman–Crippen MR) is 52.2 cm³/mol. The third-order valence-electron chi connectivity index (χ3n) is 2.06. The predicted octanol–water partition coefficient (Wildman–Crippen LogP) is -0.846. The fourth-order valence-corrected chi connectivity index (χ4v) is 1.16. The number of aromatic nitrogens is 1. The second kappa shape index (κ2) is 4.92. The highest BCUT2D eigenvalue weighted by molar-refractivity contribution is 5.87. The lowest BCUT2D eigenvalue weighted by molar-refractivity contribution is 0.0244. The van der Waals surface area contributed by atoms with Crippen LogP contribution in [-0.2, 0) is 4.74 Å². The van der Waals surface area contributed by atoms with Gasteiger partial charge in [-0.05, 0) is 6.07 Å². The van der Waals surface area contributed by atoms with E-state index in [4.69, 9.17) is 5.73 Å². The molecule has 0 fully saturated rings. The molecule has 0 aliphatic heterocycles. The number of carbonyl (C=O) groups excluding carboxylic acids is 1. The van der Waals surface area contributed by atoms with Crippen LogP contribution in [-0.4, -0.2) is 40.9 Å². The smallest absolute Gasteiger partial charge is 0.354 e. The molecule has 6 heteroatoms. The van der Waals surface area contributed by atoms with Crippen molar-refractivity contribution in [2.45, 2.75) is 12.2 Å². The summed E-state index contributed by atoms with van der Waals surface area (Å²) in [5, 5.41) is 18.8. The summed E-state index contributed by atoms with van der Waals surface area (Å²) in [6.45, 7) is -0.0557. The van der Waals surface area contributed by atoms with Gasteiger partial charge in [-0.3, -0.25) is 0 Å². The summed E-state index contributed by atoms with van der Waals surface area (Å²) in [7, 11) is 1.26. The summed E-state index contributed by atoms with van der Waals surface area (Å²) in [6, 6.07) is 1.41. The van der Waals surface area contributed by atoms with E-state index in [9.17, 15) is 15.0 Å². The summed E-state index contributed by atoms with van der Waals surface area (Å²) in [4.78, 5) is 13.7. The van der Waals surface area contributed by atoms with Gasteiger partial charge in [0.05, 0.1) is 13.2 Å². The van der Waals surface area contributed by atoms with E-state index in [1.807, 2.05) is 0 Å². The van der Waals surface area contributed by atoms with Crippen LogP contribution in [0, 0.1) is 0 Å². The molecule has 0 amide bonds. The molecular weight excluding hydrogens is 200 g/mol. The van der Waals surface area contributed by atoms with Gasteiger partial charge in [0.2, 0.25) is 0 Å². The van der Waals surface area contributed by atoms with Crippen molar-refractivity contribution in [2.75, 3.05) is 13.7 Å². The topological polar surface area (TPSA) is 109 Å². The largest absolute Gasteiger partial charge is 0.464 e. The highest BCUT2D eigenvalue weighted by Gasteiger charge is 2.19. The van der Waals surface area contributed by atoms with Crippen LogP contribution in [0.4, 0.5) is 0 Å². The number of hydrogen-bond acceptors (Lipinski definition) is 5. The maximum Gasteiger partial charge on any atom is 0.354 e. The molecule has 0 aliphatic carbocycles. The number of aliphatic hydroxyl groups is 2. The van der Waals surface area contributed by atoms with Crippen LogP contribution < -0.4 is 5.73 Å². The van der Waals surface area contributed by atoms with Gasteiger partial charge >= 0.3 is 5.97 Å². The lowest BCUT2D eigenvalue weighted by atomic mass is 10.1. The lowest BCUT2D eigenvalue weighted by Crippen LogP contribution is -2.26. The van der Waals surface area contributed by atoms with Gasteiger partial charge in [0, 0.05) is 18.3 Å². The number of hydrogen-bond donors (Lipinski definition) is 4. The maximum atomic E-state index is 11.1. The second-order valence-electron chi connectivity index (χ2n) is 3.09. The lowest BCUT2D eigenvalue weighted by Gasteiger charge is -2.13. The van der Waals surface area contributed by atoms with Gasteiger partial charge in [-0.2, -0.15) is 0 Å². The van der Waals surface area contributed by atoms with E-state index in [0.29, 0.717) is 5.56 Å². The normalized spacial score (nSPS) is 14.7. The second-order valence-corrected chi connectivity index (χ2v) is 3.09. The van der Waals surface area contributed by atoms with Crippen molar-refractivity contribution in [1.82, 2.24) is 4.98 Å². The molecule has 2 atom stereocenters. The molecule has 0 aromatic carbocycles. The number of methoxy groups -OCH3 is 1. The standard InChI is InChI=1S/C9H14N2O4/c1-15-9(14)6-2-5(4-11-6)8(13)7(12)3-10/h2,4,7-8,11-13H,3,10H2,1H3. The highest BCUT2D eigenvalue weighted by Crippen LogP contribution is 2.17. The number of nitrogens with one attached hydrogen (secondary N) is 1. The zero-order valence-electron chi connectivity index (χ0n) is 8.30. The number of ether oxygens (including phenoxy) is 1. The first kappa shape index (κ1) is 11.7. The minimum atomic E-state index is -1.11. The summed E-state index contributed by atoms with van der Waals surface area (Å²) in [5.74, 6) is -0.532. The number of nitrogens with two attached hydrogens (primary N) is 1. The zero-order valence-corrected chi connectivity index (χ0v) is 8.30. The van der Waals surface area contributed by atoms with Gasteiger partial charge in [0.1, 0.15) is 11.8 Å². The first-order valence-corrected chi connectivity index (χ1v) is 4.43. The molecule has 0 saturated carbocycles. The summed E-state index contributed by atoms with van der Waals surface area (Å²) in [5.41, 5.74) is 5.81. The van der Waals surface area contributed by atoms with E-state index in [1.165, 1.54) is 19.4 Å². The van der Waals surface area contributed by atoms with Crippen LogP contribution >= 0.6 is 0 Å². The SMILES string of the molecule is COC(=O)c1cc(C(O)C(O)CN)c[nH]1. The molecule has 84 valence electrons. The van der Waals surface area contributed by atoms with Crippen LogP contribution in [0.15, 0.2) is 12.3 Å².